The monoisotopic (exact) mass is 210 g/mol. The molecule has 0 aromatic carbocycles. The SMILES string of the molecule is CC1CCC(NC(=O)[C@H]2CCCN2)C1C. The van der Waals surface area contributed by atoms with E-state index in [0.717, 1.165) is 31.7 Å². The van der Waals surface area contributed by atoms with Crippen molar-refractivity contribution in [1.82, 2.24) is 10.6 Å². The molecule has 3 heteroatoms. The maximum atomic E-state index is 11.9. The Kier molecular flexibility index (Phi) is 3.29. The number of hydrogen-bond acceptors (Lipinski definition) is 2. The zero-order valence-electron chi connectivity index (χ0n) is 9.75. The number of hydrogen-bond donors (Lipinski definition) is 2. The average Bonchev–Trinajstić information content (AvgIpc) is 2.83. The van der Waals surface area contributed by atoms with Crippen LogP contribution in [0.1, 0.15) is 39.5 Å². The van der Waals surface area contributed by atoms with Crippen LogP contribution in [0.4, 0.5) is 0 Å². The number of carbonyl (C=O) groups excluding carboxylic acids is 1. The molecule has 2 aliphatic rings. The lowest BCUT2D eigenvalue weighted by Crippen LogP contribution is -2.46. The number of rotatable bonds is 2. The largest absolute Gasteiger partial charge is 0.352 e. The van der Waals surface area contributed by atoms with E-state index in [2.05, 4.69) is 24.5 Å². The predicted molar refractivity (Wildman–Crippen MR) is 60.5 cm³/mol. The van der Waals surface area contributed by atoms with E-state index in [1.165, 1.54) is 6.42 Å². The van der Waals surface area contributed by atoms with Crippen molar-refractivity contribution in [2.45, 2.75) is 51.6 Å². The molecule has 1 amide bonds. The summed E-state index contributed by atoms with van der Waals surface area (Å²) in [7, 11) is 0. The van der Waals surface area contributed by atoms with Crippen LogP contribution >= 0.6 is 0 Å². The Morgan fingerprint density at radius 2 is 2.07 bits per heavy atom. The van der Waals surface area contributed by atoms with Gasteiger partial charge >= 0.3 is 0 Å². The predicted octanol–water partition coefficient (Wildman–Crippen LogP) is 1.29. The fourth-order valence-corrected chi connectivity index (χ4v) is 2.76. The molecule has 1 saturated carbocycles. The Labute approximate surface area is 92.0 Å². The van der Waals surface area contributed by atoms with Crippen molar-refractivity contribution in [2.75, 3.05) is 6.54 Å². The molecule has 1 aliphatic carbocycles. The first-order chi connectivity index (χ1) is 7.18. The van der Waals surface area contributed by atoms with Crippen LogP contribution in [-0.4, -0.2) is 24.5 Å². The van der Waals surface area contributed by atoms with Gasteiger partial charge in [0, 0.05) is 6.04 Å². The van der Waals surface area contributed by atoms with Gasteiger partial charge in [-0.3, -0.25) is 4.79 Å². The maximum Gasteiger partial charge on any atom is 0.237 e. The van der Waals surface area contributed by atoms with Gasteiger partial charge in [0.05, 0.1) is 6.04 Å². The second-order valence-corrected chi connectivity index (χ2v) is 5.18. The fourth-order valence-electron chi connectivity index (χ4n) is 2.76. The first-order valence-corrected chi connectivity index (χ1v) is 6.22. The molecule has 1 heterocycles. The lowest BCUT2D eigenvalue weighted by molar-refractivity contribution is -0.123. The molecule has 2 rings (SSSR count). The minimum atomic E-state index is 0.0770. The van der Waals surface area contributed by atoms with Gasteiger partial charge < -0.3 is 10.6 Å². The molecule has 1 saturated heterocycles. The highest BCUT2D eigenvalue weighted by Crippen LogP contribution is 2.31. The lowest BCUT2D eigenvalue weighted by atomic mass is 9.97. The van der Waals surface area contributed by atoms with Gasteiger partial charge in [-0.25, -0.2) is 0 Å². The summed E-state index contributed by atoms with van der Waals surface area (Å²) >= 11 is 0. The molecule has 2 N–H and O–H groups in total. The van der Waals surface area contributed by atoms with E-state index in [9.17, 15) is 4.79 Å². The highest BCUT2D eigenvalue weighted by molar-refractivity contribution is 5.82. The summed E-state index contributed by atoms with van der Waals surface area (Å²) in [5.74, 6) is 1.61. The van der Waals surface area contributed by atoms with Crippen molar-refractivity contribution in [1.29, 1.82) is 0 Å². The lowest BCUT2D eigenvalue weighted by Gasteiger charge is -2.21. The van der Waals surface area contributed by atoms with Gasteiger partial charge in [-0.15, -0.1) is 0 Å². The van der Waals surface area contributed by atoms with Crippen LogP contribution in [0.2, 0.25) is 0 Å². The Balaban J connectivity index is 1.83. The topological polar surface area (TPSA) is 41.1 Å². The number of carbonyl (C=O) groups is 1. The van der Waals surface area contributed by atoms with Gasteiger partial charge in [0.2, 0.25) is 5.91 Å². The molecule has 4 atom stereocenters. The van der Waals surface area contributed by atoms with Crippen LogP contribution in [0.15, 0.2) is 0 Å². The zero-order chi connectivity index (χ0) is 10.8. The van der Waals surface area contributed by atoms with Crippen molar-refractivity contribution in [3.8, 4) is 0 Å². The van der Waals surface area contributed by atoms with Gasteiger partial charge in [0.1, 0.15) is 0 Å². The molecule has 3 nitrogen and oxygen atoms in total. The Hall–Kier alpha value is -0.570. The van der Waals surface area contributed by atoms with Crippen LogP contribution < -0.4 is 10.6 Å². The van der Waals surface area contributed by atoms with E-state index in [4.69, 9.17) is 0 Å². The quantitative estimate of drug-likeness (QED) is 0.721. The van der Waals surface area contributed by atoms with Crippen molar-refractivity contribution in [3.05, 3.63) is 0 Å². The summed E-state index contributed by atoms with van der Waals surface area (Å²) in [5, 5.41) is 6.44. The van der Waals surface area contributed by atoms with Gasteiger partial charge in [0.25, 0.3) is 0 Å². The van der Waals surface area contributed by atoms with E-state index in [0.29, 0.717) is 12.0 Å². The van der Waals surface area contributed by atoms with Gasteiger partial charge in [0.15, 0.2) is 0 Å². The highest BCUT2D eigenvalue weighted by atomic mass is 16.2. The Morgan fingerprint density at radius 3 is 2.60 bits per heavy atom. The van der Waals surface area contributed by atoms with Crippen molar-refractivity contribution < 1.29 is 4.79 Å². The summed E-state index contributed by atoms with van der Waals surface area (Å²) in [5.41, 5.74) is 0. The Bertz CT molecular complexity index is 236. The minimum Gasteiger partial charge on any atom is -0.352 e. The standard InChI is InChI=1S/C12H22N2O/c1-8-5-6-10(9(8)2)14-12(15)11-4-3-7-13-11/h8-11,13H,3-7H2,1-2H3,(H,14,15)/t8?,9?,10?,11-/m1/s1. The average molecular weight is 210 g/mol. The number of nitrogens with one attached hydrogen (secondary N) is 2. The highest BCUT2D eigenvalue weighted by Gasteiger charge is 2.32. The molecule has 86 valence electrons. The molecule has 0 radical (unpaired) electrons. The van der Waals surface area contributed by atoms with Gasteiger partial charge in [-0.2, -0.15) is 0 Å². The molecule has 15 heavy (non-hydrogen) atoms. The van der Waals surface area contributed by atoms with Crippen LogP contribution in [0.25, 0.3) is 0 Å². The molecule has 3 unspecified atom stereocenters. The van der Waals surface area contributed by atoms with Crippen molar-refractivity contribution in [2.24, 2.45) is 11.8 Å². The Morgan fingerprint density at radius 1 is 1.27 bits per heavy atom. The van der Waals surface area contributed by atoms with E-state index in [1.807, 2.05) is 0 Å². The van der Waals surface area contributed by atoms with E-state index >= 15 is 0 Å². The zero-order valence-corrected chi connectivity index (χ0v) is 9.75. The third-order valence-corrected chi connectivity index (χ3v) is 4.17. The van der Waals surface area contributed by atoms with E-state index < -0.39 is 0 Å². The minimum absolute atomic E-state index is 0.0770. The van der Waals surface area contributed by atoms with Crippen molar-refractivity contribution in [3.63, 3.8) is 0 Å². The van der Waals surface area contributed by atoms with Crippen LogP contribution in [-0.2, 0) is 4.79 Å². The molecule has 0 spiro atoms. The smallest absolute Gasteiger partial charge is 0.237 e. The normalized spacial score (nSPS) is 40.7. The summed E-state index contributed by atoms with van der Waals surface area (Å²) in [6, 6.07) is 0.489. The molecule has 0 bridgehead atoms. The first kappa shape index (κ1) is 10.9. The molecule has 0 aromatic rings. The van der Waals surface area contributed by atoms with Crippen LogP contribution in [0.5, 0.6) is 0 Å². The van der Waals surface area contributed by atoms with E-state index in [1.54, 1.807) is 0 Å². The van der Waals surface area contributed by atoms with Crippen LogP contribution in [0, 0.1) is 11.8 Å². The maximum absolute atomic E-state index is 11.9. The molecule has 1 aliphatic heterocycles. The summed E-state index contributed by atoms with van der Waals surface area (Å²) in [6.45, 7) is 5.53. The summed E-state index contributed by atoms with van der Waals surface area (Å²) in [6.07, 6.45) is 4.54. The van der Waals surface area contributed by atoms with Crippen LogP contribution in [0.3, 0.4) is 0 Å². The molecular weight excluding hydrogens is 188 g/mol. The summed E-state index contributed by atoms with van der Waals surface area (Å²) in [4.78, 5) is 11.9. The third-order valence-electron chi connectivity index (χ3n) is 4.17. The summed E-state index contributed by atoms with van der Waals surface area (Å²) < 4.78 is 0. The van der Waals surface area contributed by atoms with Gasteiger partial charge in [-0.1, -0.05) is 13.8 Å². The fraction of sp³-hybridized carbons (Fsp3) is 0.917. The number of amides is 1. The first-order valence-electron chi connectivity index (χ1n) is 6.22. The molecule has 2 fully saturated rings. The molecule has 0 aromatic heterocycles. The van der Waals surface area contributed by atoms with E-state index in [-0.39, 0.29) is 11.9 Å². The second-order valence-electron chi connectivity index (χ2n) is 5.18. The second kappa shape index (κ2) is 4.52. The van der Waals surface area contributed by atoms with Crippen molar-refractivity contribution >= 4 is 5.91 Å². The van der Waals surface area contributed by atoms with Gasteiger partial charge in [-0.05, 0) is 44.1 Å². The third kappa shape index (κ3) is 2.33. The molecular formula is C12H22N2O.